The van der Waals surface area contributed by atoms with Crippen molar-refractivity contribution in [2.45, 2.75) is 18.8 Å². The van der Waals surface area contributed by atoms with E-state index in [9.17, 15) is 9.90 Å². The fourth-order valence-corrected chi connectivity index (χ4v) is 1.91. The summed E-state index contributed by atoms with van der Waals surface area (Å²) in [6.45, 7) is 0.481. The largest absolute Gasteiger partial charge is 0.445 e. The van der Waals surface area contributed by atoms with Crippen molar-refractivity contribution in [1.29, 1.82) is 0 Å². The van der Waals surface area contributed by atoms with E-state index in [0.717, 1.165) is 5.56 Å². The Bertz CT molecular complexity index is 487. The van der Waals surface area contributed by atoms with Crippen LogP contribution in [0.1, 0.15) is 5.56 Å². The minimum absolute atomic E-state index is 0.122. The Morgan fingerprint density at radius 1 is 1.47 bits per heavy atom. The molecule has 100 valence electrons. The van der Waals surface area contributed by atoms with E-state index in [0.29, 0.717) is 0 Å². The zero-order valence-electron chi connectivity index (χ0n) is 10.2. The zero-order valence-corrected chi connectivity index (χ0v) is 10.2. The SMILES string of the molecule is [N-]=[N+]=NC1CN(C(=O)OCc2ccccc2)C[C@@H]1O. The second kappa shape index (κ2) is 6.08. The maximum Gasteiger partial charge on any atom is 0.410 e. The lowest BCUT2D eigenvalue weighted by atomic mass is 10.2. The summed E-state index contributed by atoms with van der Waals surface area (Å²) in [4.78, 5) is 15.8. The smallest absolute Gasteiger partial charge is 0.410 e. The summed E-state index contributed by atoms with van der Waals surface area (Å²) in [7, 11) is 0. The van der Waals surface area contributed by atoms with Gasteiger partial charge in [0.05, 0.1) is 18.7 Å². The number of carbonyl (C=O) groups excluding carboxylic acids is 1. The fourth-order valence-electron chi connectivity index (χ4n) is 1.91. The van der Waals surface area contributed by atoms with Crippen molar-refractivity contribution in [3.63, 3.8) is 0 Å². The Morgan fingerprint density at radius 2 is 2.21 bits per heavy atom. The molecule has 0 bridgehead atoms. The van der Waals surface area contributed by atoms with Crippen LogP contribution in [0.25, 0.3) is 10.4 Å². The van der Waals surface area contributed by atoms with Crippen molar-refractivity contribution in [2.24, 2.45) is 5.11 Å². The number of amides is 1. The first-order valence-electron chi connectivity index (χ1n) is 5.88. The number of azide groups is 1. The van der Waals surface area contributed by atoms with Gasteiger partial charge in [-0.3, -0.25) is 0 Å². The third kappa shape index (κ3) is 3.37. The summed E-state index contributed by atoms with van der Waals surface area (Å²) in [5, 5.41) is 13.0. The Balaban J connectivity index is 1.86. The zero-order chi connectivity index (χ0) is 13.7. The normalized spacial score (nSPS) is 21.8. The van der Waals surface area contributed by atoms with E-state index in [2.05, 4.69) is 10.0 Å². The van der Waals surface area contributed by atoms with E-state index in [-0.39, 0.29) is 19.7 Å². The van der Waals surface area contributed by atoms with Gasteiger partial charge in [0, 0.05) is 11.5 Å². The third-order valence-corrected chi connectivity index (χ3v) is 2.92. The highest BCUT2D eigenvalue weighted by Gasteiger charge is 2.34. The maximum atomic E-state index is 11.8. The highest BCUT2D eigenvalue weighted by molar-refractivity contribution is 5.68. The summed E-state index contributed by atoms with van der Waals surface area (Å²) >= 11 is 0. The minimum atomic E-state index is -0.833. The van der Waals surface area contributed by atoms with Crippen LogP contribution in [0.15, 0.2) is 35.4 Å². The van der Waals surface area contributed by atoms with E-state index in [1.165, 1.54) is 4.90 Å². The molecular weight excluding hydrogens is 248 g/mol. The Morgan fingerprint density at radius 3 is 2.89 bits per heavy atom. The number of aliphatic hydroxyl groups excluding tert-OH is 1. The van der Waals surface area contributed by atoms with Gasteiger partial charge in [-0.05, 0) is 11.1 Å². The third-order valence-electron chi connectivity index (χ3n) is 2.92. The number of β-amino-alcohol motifs (C(OH)–C–C–N with tert-alkyl or cyclic N) is 1. The summed E-state index contributed by atoms with van der Waals surface area (Å²) in [6, 6.07) is 8.71. The number of rotatable bonds is 3. The monoisotopic (exact) mass is 262 g/mol. The van der Waals surface area contributed by atoms with Crippen LogP contribution in [0.3, 0.4) is 0 Å². The molecule has 1 aliphatic heterocycles. The van der Waals surface area contributed by atoms with Crippen LogP contribution in [0.4, 0.5) is 4.79 Å². The lowest BCUT2D eigenvalue weighted by Gasteiger charge is -2.15. The van der Waals surface area contributed by atoms with Crippen LogP contribution in [-0.4, -0.2) is 41.3 Å². The van der Waals surface area contributed by atoms with Gasteiger partial charge in [0.25, 0.3) is 0 Å². The number of aliphatic hydroxyl groups is 1. The average Bonchev–Trinajstić information content (AvgIpc) is 2.79. The van der Waals surface area contributed by atoms with Gasteiger partial charge in [-0.15, -0.1) is 0 Å². The molecule has 1 heterocycles. The van der Waals surface area contributed by atoms with Gasteiger partial charge in [0.15, 0.2) is 0 Å². The minimum Gasteiger partial charge on any atom is -0.445 e. The molecule has 1 fully saturated rings. The quantitative estimate of drug-likeness (QED) is 0.509. The van der Waals surface area contributed by atoms with Crippen LogP contribution in [0.5, 0.6) is 0 Å². The molecule has 7 heteroatoms. The molecule has 1 amide bonds. The van der Waals surface area contributed by atoms with Crippen molar-refractivity contribution in [1.82, 2.24) is 4.90 Å². The number of nitrogens with zero attached hydrogens (tertiary/aromatic N) is 4. The number of hydrogen-bond acceptors (Lipinski definition) is 4. The van der Waals surface area contributed by atoms with E-state index >= 15 is 0 Å². The van der Waals surface area contributed by atoms with Crippen LogP contribution in [-0.2, 0) is 11.3 Å². The van der Waals surface area contributed by atoms with Crippen molar-refractivity contribution < 1.29 is 14.6 Å². The predicted octanol–water partition coefficient (Wildman–Crippen LogP) is 1.68. The highest BCUT2D eigenvalue weighted by atomic mass is 16.6. The van der Waals surface area contributed by atoms with Crippen molar-refractivity contribution in [2.75, 3.05) is 13.1 Å². The average molecular weight is 262 g/mol. The van der Waals surface area contributed by atoms with Crippen molar-refractivity contribution in [3.05, 3.63) is 46.3 Å². The molecule has 0 spiro atoms. The maximum absolute atomic E-state index is 11.8. The first kappa shape index (κ1) is 13.2. The molecule has 0 aliphatic carbocycles. The molecule has 2 atom stereocenters. The Kier molecular flexibility index (Phi) is 4.22. The molecule has 1 aromatic rings. The van der Waals surface area contributed by atoms with Crippen LogP contribution in [0.2, 0.25) is 0 Å². The van der Waals surface area contributed by atoms with E-state index in [1.54, 1.807) is 0 Å². The predicted molar refractivity (Wildman–Crippen MR) is 67.1 cm³/mol. The standard InChI is InChI=1S/C12H14N4O3/c13-15-14-10-6-16(7-11(10)17)12(18)19-8-9-4-2-1-3-5-9/h1-5,10-11,17H,6-8H2/t10?,11-/m0/s1. The van der Waals surface area contributed by atoms with Gasteiger partial charge in [0.2, 0.25) is 0 Å². The molecule has 1 saturated heterocycles. The molecule has 0 saturated carbocycles. The molecule has 1 aliphatic rings. The van der Waals surface area contributed by atoms with Gasteiger partial charge in [-0.25, -0.2) is 4.79 Å². The number of carbonyl (C=O) groups is 1. The van der Waals surface area contributed by atoms with E-state index < -0.39 is 18.2 Å². The molecule has 0 radical (unpaired) electrons. The Labute approximate surface area is 110 Å². The first-order valence-corrected chi connectivity index (χ1v) is 5.88. The number of hydrogen-bond donors (Lipinski definition) is 1. The van der Waals surface area contributed by atoms with Crippen molar-refractivity contribution in [3.8, 4) is 0 Å². The van der Waals surface area contributed by atoms with Gasteiger partial charge in [0.1, 0.15) is 6.61 Å². The summed E-state index contributed by atoms with van der Waals surface area (Å²) < 4.78 is 5.13. The van der Waals surface area contributed by atoms with Gasteiger partial charge >= 0.3 is 6.09 Å². The number of ether oxygens (including phenoxy) is 1. The summed E-state index contributed by atoms with van der Waals surface area (Å²) in [5.74, 6) is 0. The van der Waals surface area contributed by atoms with E-state index in [4.69, 9.17) is 10.3 Å². The Hall–Kier alpha value is -2.24. The molecule has 1 aromatic carbocycles. The fraction of sp³-hybridized carbons (Fsp3) is 0.417. The van der Waals surface area contributed by atoms with Crippen LogP contribution in [0, 0.1) is 0 Å². The van der Waals surface area contributed by atoms with Gasteiger partial charge in [-0.1, -0.05) is 35.4 Å². The highest BCUT2D eigenvalue weighted by Crippen LogP contribution is 2.15. The summed E-state index contributed by atoms with van der Waals surface area (Å²) in [6.07, 6.45) is -1.35. The molecule has 19 heavy (non-hydrogen) atoms. The lowest BCUT2D eigenvalue weighted by molar-refractivity contribution is 0.0971. The molecule has 1 unspecified atom stereocenters. The van der Waals surface area contributed by atoms with Gasteiger partial charge < -0.3 is 14.7 Å². The van der Waals surface area contributed by atoms with Crippen molar-refractivity contribution >= 4 is 6.09 Å². The second-order valence-electron chi connectivity index (χ2n) is 4.28. The molecular formula is C12H14N4O3. The molecule has 2 rings (SSSR count). The first-order chi connectivity index (χ1) is 9.20. The lowest BCUT2D eigenvalue weighted by Crippen LogP contribution is -2.30. The number of benzene rings is 1. The van der Waals surface area contributed by atoms with E-state index in [1.807, 2.05) is 30.3 Å². The van der Waals surface area contributed by atoms with Crippen LogP contribution < -0.4 is 0 Å². The molecule has 7 nitrogen and oxygen atoms in total. The van der Waals surface area contributed by atoms with Gasteiger partial charge in [-0.2, -0.15) is 0 Å². The summed E-state index contributed by atoms with van der Waals surface area (Å²) in [5.41, 5.74) is 9.22. The second-order valence-corrected chi connectivity index (χ2v) is 4.28. The molecule has 1 N–H and O–H groups in total. The molecule has 0 aromatic heterocycles. The topological polar surface area (TPSA) is 98.5 Å². The number of likely N-dealkylation sites (tertiary alicyclic amines) is 1. The van der Waals surface area contributed by atoms with Crippen LogP contribution >= 0.6 is 0 Å².